The third kappa shape index (κ3) is 15.0. The van der Waals surface area contributed by atoms with Crippen LogP contribution in [0.5, 0.6) is 0 Å². The van der Waals surface area contributed by atoms with Crippen molar-refractivity contribution in [3.63, 3.8) is 0 Å². The van der Waals surface area contributed by atoms with Crippen LogP contribution in [-0.2, 0) is 23.1 Å². The van der Waals surface area contributed by atoms with Crippen LogP contribution in [0.4, 0.5) is 0 Å². The lowest BCUT2D eigenvalue weighted by Crippen LogP contribution is -2.49. The lowest BCUT2D eigenvalue weighted by Gasteiger charge is -2.43. The van der Waals surface area contributed by atoms with Crippen LogP contribution in [0.1, 0.15) is 91.8 Å². The van der Waals surface area contributed by atoms with Crippen LogP contribution in [0.3, 0.4) is 0 Å². The van der Waals surface area contributed by atoms with Crippen molar-refractivity contribution in [2.45, 2.75) is 136 Å². The minimum absolute atomic E-state index is 0.0745. The van der Waals surface area contributed by atoms with Gasteiger partial charge in [0.15, 0.2) is 16.6 Å². The lowest BCUT2D eigenvalue weighted by molar-refractivity contribution is -0.0837. The van der Waals surface area contributed by atoms with E-state index in [4.69, 9.17) is 23.1 Å². The Morgan fingerprint density at radius 2 is 1.65 bits per heavy atom. The maximum absolute atomic E-state index is 6.99. The highest BCUT2D eigenvalue weighted by atomic mass is 32.1. The second-order valence-corrected chi connectivity index (χ2v) is 25.6. The molecular weight excluding hydrogens is 591 g/mol. The quantitative estimate of drug-likeness (QED) is 0.0603. The predicted molar refractivity (Wildman–Crippen MR) is 190 cm³/mol. The smallest absolute Gasteiger partial charge is 0.192 e. The van der Waals surface area contributed by atoms with Crippen LogP contribution < -0.4 is 0 Å². The van der Waals surface area contributed by atoms with E-state index in [-0.39, 0.29) is 29.1 Å². The normalized spacial score (nSPS) is 16.2. The Labute approximate surface area is 271 Å². The Morgan fingerprint density at radius 3 is 2.21 bits per heavy atom. The summed E-state index contributed by atoms with van der Waals surface area (Å²) in [4.78, 5) is 4.62. The number of unbranched alkanes of at least 4 members (excludes halogenated alkanes) is 1. The van der Waals surface area contributed by atoms with E-state index in [2.05, 4.69) is 110 Å². The van der Waals surface area contributed by atoms with Gasteiger partial charge in [-0.3, -0.25) is 0 Å². The number of ether oxygens (including phenoxy) is 3. The highest BCUT2D eigenvalue weighted by molar-refractivity contribution is 7.09. The first-order chi connectivity index (χ1) is 19.8. The zero-order valence-corrected chi connectivity index (χ0v) is 32.9. The molecule has 0 bridgehead atoms. The number of aromatic nitrogens is 1. The topological polar surface area (TPSA) is 59.0 Å². The number of hydrogen-bond donors (Lipinski definition) is 0. The number of methoxy groups -OCH3 is 1. The number of thiazole rings is 1. The number of rotatable bonds is 20. The maximum Gasteiger partial charge on any atom is 0.192 e. The van der Waals surface area contributed by atoms with Crippen molar-refractivity contribution < 1.29 is 23.1 Å². The van der Waals surface area contributed by atoms with Crippen molar-refractivity contribution in [2.24, 2.45) is 5.92 Å². The molecule has 1 aromatic heterocycles. The number of aryl methyl sites for hydroxylation is 1. The van der Waals surface area contributed by atoms with Gasteiger partial charge in [0.2, 0.25) is 0 Å². The van der Waals surface area contributed by atoms with Gasteiger partial charge in [-0.05, 0) is 87.3 Å². The second-order valence-electron chi connectivity index (χ2n) is 14.9. The van der Waals surface area contributed by atoms with E-state index in [1.165, 1.54) is 0 Å². The fourth-order valence-corrected chi connectivity index (χ4v) is 6.99. The Balaban J connectivity index is 2.79. The van der Waals surface area contributed by atoms with Crippen molar-refractivity contribution in [2.75, 3.05) is 33.7 Å². The summed E-state index contributed by atoms with van der Waals surface area (Å²) in [6, 6.07) is 0. The highest BCUT2D eigenvalue weighted by Gasteiger charge is 2.42. The molecule has 250 valence electrons. The SMILES string of the molecule is COCCOCO[C@H](/C=C(\C)c1csc(C)n1)C/C=C\CCC[C@H](C)[C@H](CO[Si](C)(C)C(C)(C)C)O[Si](C)(C)C(C)(C)C. The van der Waals surface area contributed by atoms with E-state index in [1.807, 2.05) is 6.92 Å². The molecule has 1 aromatic rings. The van der Waals surface area contributed by atoms with Crippen molar-refractivity contribution in [1.29, 1.82) is 0 Å². The first-order valence-electron chi connectivity index (χ1n) is 16.1. The minimum atomic E-state index is -1.92. The Morgan fingerprint density at radius 1 is 1.00 bits per heavy atom. The molecule has 9 heteroatoms. The molecule has 0 amide bonds. The van der Waals surface area contributed by atoms with E-state index in [0.29, 0.717) is 25.7 Å². The number of hydrogen-bond acceptors (Lipinski definition) is 7. The summed E-state index contributed by atoms with van der Waals surface area (Å²) in [6.07, 6.45) is 10.8. The average Bonchev–Trinajstić information content (AvgIpc) is 3.33. The zero-order valence-electron chi connectivity index (χ0n) is 30.1. The summed E-state index contributed by atoms with van der Waals surface area (Å²) in [5.41, 5.74) is 2.14. The van der Waals surface area contributed by atoms with Crippen LogP contribution in [0.15, 0.2) is 23.6 Å². The van der Waals surface area contributed by atoms with Crippen molar-refractivity contribution >= 4 is 33.5 Å². The van der Waals surface area contributed by atoms with Crippen LogP contribution in [0.2, 0.25) is 36.3 Å². The number of allylic oxidation sites excluding steroid dienone is 2. The molecule has 1 heterocycles. The fourth-order valence-electron chi connectivity index (χ4n) is 3.90. The number of nitrogens with zero attached hydrogens (tertiary/aromatic N) is 1. The summed E-state index contributed by atoms with van der Waals surface area (Å²) in [7, 11) is -2.10. The standard InChI is InChI=1S/C34H65NO5SSi2/c1-27(32(40-43(13,14)34(7,8)9)24-39-42(11,12)33(4,5)6)19-17-15-16-18-20-30(38-26-37-22-21-36-10)23-28(2)31-25-41-29(3)35-31/h16,18,23,25,27,30,32H,15,17,19-22,24,26H2,1-14H3/b18-16-,28-23+/t27-,30-,32-/m0/s1. The van der Waals surface area contributed by atoms with E-state index >= 15 is 0 Å². The van der Waals surface area contributed by atoms with Gasteiger partial charge in [0.25, 0.3) is 0 Å². The maximum atomic E-state index is 6.99. The first-order valence-corrected chi connectivity index (χ1v) is 22.8. The first kappa shape index (κ1) is 40.4. The molecule has 0 aliphatic rings. The molecule has 1 rings (SSSR count). The molecule has 0 aliphatic carbocycles. The monoisotopic (exact) mass is 655 g/mol. The van der Waals surface area contributed by atoms with E-state index < -0.39 is 16.6 Å². The van der Waals surface area contributed by atoms with Crippen LogP contribution in [-0.4, -0.2) is 67.6 Å². The van der Waals surface area contributed by atoms with Gasteiger partial charge in [0.05, 0.1) is 42.7 Å². The minimum Gasteiger partial charge on any atom is -0.414 e. The largest absolute Gasteiger partial charge is 0.414 e. The summed E-state index contributed by atoms with van der Waals surface area (Å²) in [5, 5.41) is 3.53. The van der Waals surface area contributed by atoms with Gasteiger partial charge >= 0.3 is 0 Å². The molecule has 0 spiro atoms. The fraction of sp³-hybridized carbons (Fsp3) is 0.794. The van der Waals surface area contributed by atoms with Crippen molar-refractivity contribution in [1.82, 2.24) is 4.98 Å². The average molecular weight is 656 g/mol. The van der Waals surface area contributed by atoms with Gasteiger partial charge in [0.1, 0.15) is 6.79 Å². The molecule has 0 unspecified atom stereocenters. The van der Waals surface area contributed by atoms with Crippen LogP contribution in [0, 0.1) is 12.8 Å². The van der Waals surface area contributed by atoms with E-state index in [1.54, 1.807) is 18.4 Å². The molecule has 0 saturated carbocycles. The summed E-state index contributed by atoms with van der Waals surface area (Å²) in [6.45, 7) is 31.7. The highest BCUT2D eigenvalue weighted by Crippen LogP contribution is 2.40. The molecule has 0 radical (unpaired) electrons. The molecule has 0 saturated heterocycles. The summed E-state index contributed by atoms with van der Waals surface area (Å²) < 4.78 is 30.4. The Hall–Kier alpha value is -0.656. The molecule has 3 atom stereocenters. The van der Waals surface area contributed by atoms with Crippen molar-refractivity contribution in [3.8, 4) is 0 Å². The molecule has 6 nitrogen and oxygen atoms in total. The molecule has 43 heavy (non-hydrogen) atoms. The van der Waals surface area contributed by atoms with Gasteiger partial charge in [-0.25, -0.2) is 4.98 Å². The third-order valence-corrected chi connectivity index (χ3v) is 18.9. The van der Waals surface area contributed by atoms with E-state index in [9.17, 15) is 0 Å². The lowest BCUT2D eigenvalue weighted by atomic mass is 9.98. The summed E-state index contributed by atoms with van der Waals surface area (Å²) in [5.74, 6) is 0.430. The van der Waals surface area contributed by atoms with Gasteiger partial charge in [-0.2, -0.15) is 0 Å². The van der Waals surface area contributed by atoms with Crippen molar-refractivity contribution in [3.05, 3.63) is 34.3 Å². The second kappa shape index (κ2) is 18.5. The molecular formula is C34H65NO5SSi2. The molecule has 0 aliphatic heterocycles. The van der Waals surface area contributed by atoms with Crippen LogP contribution in [0.25, 0.3) is 5.57 Å². The Kier molecular flexibility index (Phi) is 17.3. The van der Waals surface area contributed by atoms with Crippen LogP contribution >= 0.6 is 11.3 Å². The summed E-state index contributed by atoms with van der Waals surface area (Å²) >= 11 is 1.67. The van der Waals surface area contributed by atoms with Gasteiger partial charge in [-0.1, -0.05) is 66.7 Å². The zero-order chi connectivity index (χ0) is 32.9. The molecule has 0 N–H and O–H groups in total. The van der Waals surface area contributed by atoms with Gasteiger partial charge in [-0.15, -0.1) is 11.3 Å². The Bertz CT molecular complexity index is 978. The molecule has 0 aromatic carbocycles. The van der Waals surface area contributed by atoms with Gasteiger partial charge < -0.3 is 23.1 Å². The predicted octanol–water partition coefficient (Wildman–Crippen LogP) is 10.0. The van der Waals surface area contributed by atoms with Gasteiger partial charge in [0, 0.05) is 12.5 Å². The molecule has 0 fully saturated rings. The van der Waals surface area contributed by atoms with E-state index in [0.717, 1.165) is 42.0 Å². The third-order valence-electron chi connectivity index (χ3n) is 9.12.